The van der Waals surface area contributed by atoms with Crippen LogP contribution in [0.4, 0.5) is 10.1 Å². The summed E-state index contributed by atoms with van der Waals surface area (Å²) in [4.78, 5) is 44.1. The Balaban J connectivity index is 1.64. The molecule has 2 aromatic heterocycles. The molecule has 1 fully saturated rings. The van der Waals surface area contributed by atoms with Crippen molar-refractivity contribution in [3.63, 3.8) is 0 Å². The van der Waals surface area contributed by atoms with Crippen molar-refractivity contribution in [2.24, 2.45) is 7.05 Å². The average molecular weight is 555 g/mol. The number of halogens is 1. The van der Waals surface area contributed by atoms with Gasteiger partial charge in [0.2, 0.25) is 0 Å². The van der Waals surface area contributed by atoms with E-state index in [1.807, 2.05) is 0 Å². The van der Waals surface area contributed by atoms with Crippen LogP contribution in [0, 0.1) is 19.7 Å². The molecule has 0 radical (unpaired) electrons. The summed E-state index contributed by atoms with van der Waals surface area (Å²) in [7, 11) is -1.55. The van der Waals surface area contributed by atoms with E-state index in [4.69, 9.17) is 0 Å². The molecule has 1 aliphatic rings. The topological polar surface area (TPSA) is 127 Å². The fourth-order valence-corrected chi connectivity index (χ4v) is 6.31. The molecule has 0 saturated heterocycles. The minimum absolute atomic E-state index is 0.0524. The number of anilines is 1. The van der Waals surface area contributed by atoms with Crippen LogP contribution >= 0.6 is 0 Å². The maximum Gasteiger partial charge on any atom is 0.294 e. The van der Waals surface area contributed by atoms with Crippen molar-refractivity contribution in [3.8, 4) is 11.3 Å². The van der Waals surface area contributed by atoms with Crippen molar-refractivity contribution in [2.75, 3.05) is 11.6 Å². The van der Waals surface area contributed by atoms with E-state index in [1.54, 1.807) is 45.4 Å². The quantitative estimate of drug-likeness (QED) is 0.338. The number of Topliss-reactive ketones (excluding diaryl/α,β-unsaturated/α-hetero) is 1. The number of nitrogens with one attached hydrogen (secondary N) is 2. The molecule has 11 heteroatoms. The zero-order chi connectivity index (χ0) is 28.5. The molecular formula is C28H31FN4O5S. The van der Waals surface area contributed by atoms with Gasteiger partial charge in [-0.2, -0.15) is 0 Å². The van der Waals surface area contributed by atoms with Crippen LogP contribution in [0.2, 0.25) is 0 Å². The molecule has 0 spiro atoms. The lowest BCUT2D eigenvalue weighted by Crippen LogP contribution is -2.43. The number of amides is 2. The van der Waals surface area contributed by atoms with Crippen LogP contribution in [-0.4, -0.2) is 53.1 Å². The minimum atomic E-state index is -3.16. The predicted octanol–water partition coefficient (Wildman–Crippen LogP) is 3.75. The first-order valence-electron chi connectivity index (χ1n) is 12.6. The van der Waals surface area contributed by atoms with Crippen LogP contribution in [0.3, 0.4) is 0 Å². The monoisotopic (exact) mass is 554 g/mol. The molecule has 1 saturated carbocycles. The summed E-state index contributed by atoms with van der Waals surface area (Å²) in [5.74, 6) is -2.54. The summed E-state index contributed by atoms with van der Waals surface area (Å²) < 4.78 is 38.9. The molecule has 1 aliphatic carbocycles. The maximum atomic E-state index is 13.7. The van der Waals surface area contributed by atoms with Crippen molar-refractivity contribution in [3.05, 3.63) is 70.9 Å². The highest BCUT2D eigenvalue weighted by Gasteiger charge is 2.33. The smallest absolute Gasteiger partial charge is 0.294 e. The van der Waals surface area contributed by atoms with Crippen LogP contribution < -0.4 is 10.6 Å². The number of hydrogen-bond acceptors (Lipinski definition) is 6. The SMILES string of the molecule is Cc1cc(NC(=O)c2c(C)c(C(=O)C(=O)NC3CCC(S(C)(=O)=O)CC3)n(C)c2-c2cccnc2)ccc1F. The lowest BCUT2D eigenvalue weighted by atomic mass is 9.94. The Kier molecular flexibility index (Phi) is 8.01. The number of aryl methyl sites for hydroxylation is 1. The number of benzene rings is 1. The van der Waals surface area contributed by atoms with Crippen molar-refractivity contribution in [1.29, 1.82) is 0 Å². The van der Waals surface area contributed by atoms with E-state index >= 15 is 0 Å². The Morgan fingerprint density at radius 1 is 1.08 bits per heavy atom. The highest BCUT2D eigenvalue weighted by atomic mass is 32.2. The number of hydrogen-bond donors (Lipinski definition) is 2. The van der Waals surface area contributed by atoms with Gasteiger partial charge in [-0.1, -0.05) is 0 Å². The van der Waals surface area contributed by atoms with Gasteiger partial charge in [-0.05, 0) is 81.0 Å². The van der Waals surface area contributed by atoms with Gasteiger partial charge in [0.05, 0.1) is 22.2 Å². The normalized spacial score (nSPS) is 17.5. The second-order valence-electron chi connectivity index (χ2n) is 10.0. The Morgan fingerprint density at radius 2 is 1.77 bits per heavy atom. The van der Waals surface area contributed by atoms with Gasteiger partial charge in [-0.25, -0.2) is 12.8 Å². The average Bonchev–Trinajstić information content (AvgIpc) is 3.15. The second-order valence-corrected chi connectivity index (χ2v) is 12.3. The summed E-state index contributed by atoms with van der Waals surface area (Å²) in [5, 5.41) is 5.07. The standard InChI is InChI=1S/C28H31FN4O5S/c1-16-14-20(9-12-22(16)29)32-27(35)23-17(2)24(33(3)25(23)18-6-5-13-30-15-18)26(34)28(36)31-19-7-10-21(11-8-19)39(4,37)38/h5-6,9,12-15,19,21H,7-8,10-11H2,1-4H3,(H,31,36)(H,32,35). The summed E-state index contributed by atoms with van der Waals surface area (Å²) in [6, 6.07) is 7.34. The van der Waals surface area contributed by atoms with Crippen LogP contribution in [0.25, 0.3) is 11.3 Å². The Bertz CT molecular complexity index is 1540. The zero-order valence-electron chi connectivity index (χ0n) is 22.2. The molecular weight excluding hydrogens is 523 g/mol. The summed E-state index contributed by atoms with van der Waals surface area (Å²) in [6.07, 6.45) is 6.09. The number of pyridine rings is 1. The fourth-order valence-electron chi connectivity index (χ4n) is 5.18. The Morgan fingerprint density at radius 3 is 2.36 bits per heavy atom. The van der Waals surface area contributed by atoms with Crippen molar-refractivity contribution >= 4 is 33.1 Å². The number of carbonyl (C=O) groups excluding carboxylic acids is 3. The van der Waals surface area contributed by atoms with Gasteiger partial charge in [0.15, 0.2) is 0 Å². The summed E-state index contributed by atoms with van der Waals surface area (Å²) in [5.41, 5.74) is 2.28. The number of carbonyl (C=O) groups is 3. The predicted molar refractivity (Wildman–Crippen MR) is 146 cm³/mol. The third-order valence-corrected chi connectivity index (χ3v) is 8.93. The number of nitrogens with zero attached hydrogens (tertiary/aromatic N) is 2. The molecule has 1 aromatic carbocycles. The second kappa shape index (κ2) is 11.1. The molecule has 2 heterocycles. The van der Waals surface area contributed by atoms with E-state index in [2.05, 4.69) is 15.6 Å². The maximum absolute atomic E-state index is 13.7. The molecule has 3 aromatic rings. The molecule has 2 amide bonds. The lowest BCUT2D eigenvalue weighted by molar-refractivity contribution is -0.117. The molecule has 0 aliphatic heterocycles. The van der Waals surface area contributed by atoms with E-state index in [9.17, 15) is 27.2 Å². The van der Waals surface area contributed by atoms with Gasteiger partial charge in [0.25, 0.3) is 17.6 Å². The van der Waals surface area contributed by atoms with Crippen molar-refractivity contribution < 1.29 is 27.2 Å². The number of rotatable bonds is 7. The van der Waals surface area contributed by atoms with E-state index in [0.29, 0.717) is 53.8 Å². The zero-order valence-corrected chi connectivity index (χ0v) is 23.1. The fraction of sp³-hybridized carbons (Fsp3) is 0.357. The Hall–Kier alpha value is -3.86. The van der Waals surface area contributed by atoms with E-state index < -0.39 is 38.5 Å². The van der Waals surface area contributed by atoms with Gasteiger partial charge in [-0.3, -0.25) is 19.4 Å². The van der Waals surface area contributed by atoms with Gasteiger partial charge in [-0.15, -0.1) is 0 Å². The van der Waals surface area contributed by atoms with Crippen molar-refractivity contribution in [1.82, 2.24) is 14.9 Å². The highest BCUT2D eigenvalue weighted by Crippen LogP contribution is 2.32. The minimum Gasteiger partial charge on any atom is -0.346 e. The van der Waals surface area contributed by atoms with Gasteiger partial charge in [0.1, 0.15) is 15.7 Å². The van der Waals surface area contributed by atoms with Gasteiger partial charge in [0, 0.05) is 43.0 Å². The Labute approximate surface area is 226 Å². The van der Waals surface area contributed by atoms with Crippen LogP contribution in [0.1, 0.15) is 57.7 Å². The third kappa shape index (κ3) is 5.93. The highest BCUT2D eigenvalue weighted by molar-refractivity contribution is 7.91. The van der Waals surface area contributed by atoms with Crippen LogP contribution in [0.15, 0.2) is 42.7 Å². The van der Waals surface area contributed by atoms with Gasteiger partial charge < -0.3 is 15.2 Å². The van der Waals surface area contributed by atoms with E-state index in [-0.39, 0.29) is 17.3 Å². The van der Waals surface area contributed by atoms with Crippen LogP contribution in [0.5, 0.6) is 0 Å². The number of sulfone groups is 1. The lowest BCUT2D eigenvalue weighted by Gasteiger charge is -2.27. The first-order valence-corrected chi connectivity index (χ1v) is 14.5. The van der Waals surface area contributed by atoms with E-state index in [0.717, 1.165) is 0 Å². The number of ketones is 1. The summed E-state index contributed by atoms with van der Waals surface area (Å²) in [6.45, 7) is 3.19. The van der Waals surface area contributed by atoms with Crippen LogP contribution in [-0.2, 0) is 21.7 Å². The van der Waals surface area contributed by atoms with Crippen molar-refractivity contribution in [2.45, 2.75) is 50.8 Å². The first kappa shape index (κ1) is 28.2. The largest absolute Gasteiger partial charge is 0.346 e. The van der Waals surface area contributed by atoms with E-state index in [1.165, 1.54) is 29.0 Å². The molecule has 2 N–H and O–H groups in total. The van der Waals surface area contributed by atoms with Gasteiger partial charge >= 0.3 is 0 Å². The third-order valence-electron chi connectivity index (χ3n) is 7.25. The molecule has 206 valence electrons. The first-order chi connectivity index (χ1) is 18.4. The molecule has 4 rings (SSSR count). The molecule has 9 nitrogen and oxygen atoms in total. The molecule has 0 atom stereocenters. The molecule has 39 heavy (non-hydrogen) atoms. The molecule has 0 bridgehead atoms. The molecule has 0 unspecified atom stereocenters. The summed E-state index contributed by atoms with van der Waals surface area (Å²) >= 11 is 0. The number of aromatic nitrogens is 2.